The number of quaternary nitrogens is 1. The number of carbonyl (C=O) groups is 1. The summed E-state index contributed by atoms with van der Waals surface area (Å²) in [6.45, 7) is 5.04. The summed E-state index contributed by atoms with van der Waals surface area (Å²) in [7, 11) is 0. The summed E-state index contributed by atoms with van der Waals surface area (Å²) in [6, 6.07) is 0. The van der Waals surface area contributed by atoms with E-state index in [0.717, 1.165) is 32.8 Å². The molecule has 0 bridgehead atoms. The molecule has 1 fully saturated rings. The van der Waals surface area contributed by atoms with Crippen molar-refractivity contribution in [1.82, 2.24) is 0 Å². The molecule has 1 heterocycles. The first-order valence-electron chi connectivity index (χ1n) is 5.47. The molecule has 0 amide bonds. The van der Waals surface area contributed by atoms with Crippen molar-refractivity contribution in [3.8, 4) is 0 Å². The molecule has 0 aromatic carbocycles. The zero-order chi connectivity index (χ0) is 11.8. The summed E-state index contributed by atoms with van der Waals surface area (Å²) in [4.78, 5) is 13.0. The molecule has 1 aliphatic rings. The monoisotopic (exact) mass is 358 g/mol. The van der Waals surface area contributed by atoms with E-state index in [9.17, 15) is 4.79 Å². The van der Waals surface area contributed by atoms with Crippen LogP contribution >= 0.6 is 31.9 Å². The predicted molar refractivity (Wildman–Crippen MR) is 68.4 cm³/mol. The smallest absolute Gasteiger partial charge is 0.310 e. The third-order valence-electron chi connectivity index (χ3n) is 2.61. The van der Waals surface area contributed by atoms with E-state index >= 15 is 0 Å². The van der Waals surface area contributed by atoms with Crippen LogP contribution in [0.3, 0.4) is 0 Å². The van der Waals surface area contributed by atoms with Gasteiger partial charge < -0.3 is 14.4 Å². The topological polar surface area (TPSA) is 40.0 Å². The van der Waals surface area contributed by atoms with Crippen LogP contribution in [0.4, 0.5) is 0 Å². The van der Waals surface area contributed by atoms with Crippen molar-refractivity contribution in [2.45, 2.75) is 0 Å². The van der Waals surface area contributed by atoms with Gasteiger partial charge in [0.05, 0.1) is 19.1 Å². The summed E-state index contributed by atoms with van der Waals surface area (Å²) in [5.74, 6) is -0.207. The van der Waals surface area contributed by atoms with E-state index in [1.807, 2.05) is 0 Å². The highest BCUT2D eigenvalue weighted by molar-refractivity contribution is 9.09. The standard InChI is InChI=1S/C10H17Br2NO3/c11-7-9(8-12)10(14)16-6-3-13-1-4-15-5-2-13/h9H,1-8H2/p+1. The normalized spacial score (nSPS) is 17.7. The zero-order valence-electron chi connectivity index (χ0n) is 9.21. The van der Waals surface area contributed by atoms with Crippen LogP contribution in [0.2, 0.25) is 0 Å². The highest BCUT2D eigenvalue weighted by atomic mass is 79.9. The fraction of sp³-hybridized carbons (Fsp3) is 0.900. The van der Waals surface area contributed by atoms with Crippen molar-refractivity contribution in [3.05, 3.63) is 0 Å². The molecular weight excluding hydrogens is 342 g/mol. The molecule has 1 saturated heterocycles. The first-order chi connectivity index (χ1) is 7.77. The number of esters is 1. The van der Waals surface area contributed by atoms with Gasteiger partial charge in [0.25, 0.3) is 0 Å². The second-order valence-electron chi connectivity index (χ2n) is 3.79. The lowest BCUT2D eigenvalue weighted by molar-refractivity contribution is -0.908. The van der Waals surface area contributed by atoms with Crippen LogP contribution in [0.5, 0.6) is 0 Å². The maximum Gasteiger partial charge on any atom is 0.310 e. The molecule has 4 nitrogen and oxygen atoms in total. The lowest BCUT2D eigenvalue weighted by Gasteiger charge is -2.23. The molecule has 0 aromatic rings. The van der Waals surface area contributed by atoms with Gasteiger partial charge in [0, 0.05) is 10.7 Å². The van der Waals surface area contributed by atoms with Crippen molar-refractivity contribution in [3.63, 3.8) is 0 Å². The van der Waals surface area contributed by atoms with E-state index in [1.54, 1.807) is 0 Å². The number of halogens is 2. The van der Waals surface area contributed by atoms with Crippen LogP contribution in [-0.4, -0.2) is 56.1 Å². The Kier molecular flexibility index (Phi) is 7.60. The number of ether oxygens (including phenoxy) is 2. The molecule has 0 saturated carbocycles. The molecule has 0 atom stereocenters. The van der Waals surface area contributed by atoms with Gasteiger partial charge in [-0.05, 0) is 0 Å². The van der Waals surface area contributed by atoms with Crippen LogP contribution in [-0.2, 0) is 14.3 Å². The van der Waals surface area contributed by atoms with Gasteiger partial charge in [-0.15, -0.1) is 0 Å². The number of hydrogen-bond donors (Lipinski definition) is 1. The molecule has 16 heavy (non-hydrogen) atoms. The summed E-state index contributed by atoms with van der Waals surface area (Å²) >= 11 is 6.59. The van der Waals surface area contributed by atoms with Crippen LogP contribution in [0.15, 0.2) is 0 Å². The summed E-state index contributed by atoms with van der Waals surface area (Å²) in [5, 5.41) is 1.28. The molecule has 0 unspecified atom stereocenters. The van der Waals surface area contributed by atoms with Crippen LogP contribution < -0.4 is 4.90 Å². The Balaban J connectivity index is 2.11. The molecule has 94 valence electrons. The summed E-state index contributed by atoms with van der Waals surface area (Å²) in [6.07, 6.45) is 0. The van der Waals surface area contributed by atoms with Gasteiger partial charge in [-0.1, -0.05) is 31.9 Å². The molecule has 1 rings (SSSR count). The van der Waals surface area contributed by atoms with Gasteiger partial charge in [-0.25, -0.2) is 0 Å². The van der Waals surface area contributed by atoms with E-state index in [0.29, 0.717) is 17.3 Å². The van der Waals surface area contributed by atoms with Gasteiger partial charge in [0.2, 0.25) is 0 Å². The second kappa shape index (κ2) is 8.44. The molecule has 0 aliphatic carbocycles. The van der Waals surface area contributed by atoms with E-state index < -0.39 is 0 Å². The van der Waals surface area contributed by atoms with Crippen molar-refractivity contribution in [2.75, 3.05) is 50.1 Å². The number of alkyl halides is 2. The average molecular weight is 360 g/mol. The predicted octanol–water partition coefficient (Wildman–Crippen LogP) is -0.149. The Bertz CT molecular complexity index is 206. The second-order valence-corrected chi connectivity index (χ2v) is 5.08. The number of nitrogens with one attached hydrogen (secondary N) is 1. The van der Waals surface area contributed by atoms with Gasteiger partial charge in [-0.3, -0.25) is 4.79 Å². The quantitative estimate of drug-likeness (QED) is 0.529. The average Bonchev–Trinajstić information content (AvgIpc) is 2.32. The third kappa shape index (κ3) is 5.12. The summed E-state index contributed by atoms with van der Waals surface area (Å²) in [5.41, 5.74) is 0. The molecule has 6 heteroatoms. The van der Waals surface area contributed by atoms with Crippen LogP contribution in [0, 0.1) is 5.92 Å². The van der Waals surface area contributed by atoms with E-state index in [1.165, 1.54) is 4.90 Å². The highest BCUT2D eigenvalue weighted by Gasteiger charge is 2.19. The van der Waals surface area contributed by atoms with Gasteiger partial charge in [0.15, 0.2) is 0 Å². The minimum absolute atomic E-state index is 0.0836. The number of rotatable bonds is 6. The number of carbonyl (C=O) groups excluding carboxylic acids is 1. The van der Waals surface area contributed by atoms with E-state index in [2.05, 4.69) is 31.9 Å². The van der Waals surface area contributed by atoms with Crippen LogP contribution in [0.25, 0.3) is 0 Å². The SMILES string of the molecule is O=C(OCC[NH+]1CCOCC1)C(CBr)CBr. The van der Waals surface area contributed by atoms with Gasteiger partial charge in [0.1, 0.15) is 26.2 Å². The van der Waals surface area contributed by atoms with Crippen molar-refractivity contribution in [1.29, 1.82) is 0 Å². The minimum Gasteiger partial charge on any atom is -0.459 e. The Morgan fingerprint density at radius 1 is 1.31 bits per heavy atom. The Hall–Kier alpha value is 0.350. The van der Waals surface area contributed by atoms with E-state index in [-0.39, 0.29) is 11.9 Å². The molecule has 0 radical (unpaired) electrons. The van der Waals surface area contributed by atoms with Gasteiger partial charge >= 0.3 is 5.97 Å². The van der Waals surface area contributed by atoms with Crippen molar-refractivity contribution >= 4 is 37.8 Å². The highest BCUT2D eigenvalue weighted by Crippen LogP contribution is 2.07. The fourth-order valence-electron chi connectivity index (χ4n) is 1.49. The first kappa shape index (κ1) is 14.4. The largest absolute Gasteiger partial charge is 0.459 e. The Morgan fingerprint density at radius 3 is 2.50 bits per heavy atom. The maximum atomic E-state index is 11.5. The minimum atomic E-state index is -0.124. The third-order valence-corrected chi connectivity index (χ3v) is 4.17. The zero-order valence-corrected chi connectivity index (χ0v) is 12.4. The molecule has 1 N–H and O–H groups in total. The molecule has 0 aromatic heterocycles. The van der Waals surface area contributed by atoms with Crippen LogP contribution in [0.1, 0.15) is 0 Å². The Morgan fingerprint density at radius 2 is 1.94 bits per heavy atom. The molecule has 1 aliphatic heterocycles. The molecule has 0 spiro atoms. The lowest BCUT2D eigenvalue weighted by Crippen LogP contribution is -3.14. The van der Waals surface area contributed by atoms with Crippen molar-refractivity contribution < 1.29 is 19.2 Å². The van der Waals surface area contributed by atoms with E-state index in [4.69, 9.17) is 9.47 Å². The maximum absolute atomic E-state index is 11.5. The number of hydrogen-bond acceptors (Lipinski definition) is 3. The van der Waals surface area contributed by atoms with Gasteiger partial charge in [-0.2, -0.15) is 0 Å². The Labute approximate surface area is 113 Å². The lowest BCUT2D eigenvalue weighted by atomic mass is 10.2. The summed E-state index contributed by atoms with van der Waals surface area (Å²) < 4.78 is 10.5. The fourth-order valence-corrected chi connectivity index (χ4v) is 3.09. The molecular formula is C10H18Br2NO3+. The first-order valence-corrected chi connectivity index (χ1v) is 7.72. The number of morpholine rings is 1. The van der Waals surface area contributed by atoms with Crippen molar-refractivity contribution in [2.24, 2.45) is 5.92 Å².